The van der Waals surface area contributed by atoms with Gasteiger partial charge in [-0.3, -0.25) is 14.9 Å². The number of fused-ring (bicyclic) bond motifs is 1. The van der Waals surface area contributed by atoms with Crippen molar-refractivity contribution in [1.82, 2.24) is 4.57 Å². The fraction of sp³-hybridized carbons (Fsp3) is 0.176. The number of rotatable bonds is 5. The molecule has 0 atom stereocenters. The SMILES string of the molecule is Cn1c(=NC(=O)CCS(=O)(=O)c2ccc(F)cc2)sc2ccc([N+](=O)[O-])cc21. The van der Waals surface area contributed by atoms with Crippen LogP contribution in [0.15, 0.2) is 52.4 Å². The molecule has 1 amide bonds. The Labute approximate surface area is 162 Å². The number of nitro groups is 1. The van der Waals surface area contributed by atoms with Gasteiger partial charge in [-0.2, -0.15) is 4.99 Å². The van der Waals surface area contributed by atoms with E-state index in [0.29, 0.717) is 15.0 Å². The third-order valence-corrected chi connectivity index (χ3v) is 6.83. The van der Waals surface area contributed by atoms with E-state index in [1.807, 2.05) is 0 Å². The van der Waals surface area contributed by atoms with Crippen LogP contribution in [0, 0.1) is 15.9 Å². The van der Waals surface area contributed by atoms with Crippen molar-refractivity contribution in [3.63, 3.8) is 0 Å². The molecule has 11 heteroatoms. The summed E-state index contributed by atoms with van der Waals surface area (Å²) in [4.78, 5) is 26.7. The maximum Gasteiger partial charge on any atom is 0.271 e. The molecule has 0 spiro atoms. The van der Waals surface area contributed by atoms with Crippen LogP contribution < -0.4 is 4.80 Å². The van der Waals surface area contributed by atoms with Crippen LogP contribution in [0.4, 0.5) is 10.1 Å². The summed E-state index contributed by atoms with van der Waals surface area (Å²) < 4.78 is 39.6. The first-order valence-corrected chi connectivity index (χ1v) is 10.4. The Morgan fingerprint density at radius 3 is 2.57 bits per heavy atom. The Bertz CT molecular complexity index is 1240. The lowest BCUT2D eigenvalue weighted by Crippen LogP contribution is -2.16. The lowest BCUT2D eigenvalue weighted by molar-refractivity contribution is -0.384. The minimum atomic E-state index is -3.74. The van der Waals surface area contributed by atoms with E-state index in [1.54, 1.807) is 17.7 Å². The average Bonchev–Trinajstić information content (AvgIpc) is 2.95. The van der Waals surface area contributed by atoms with Crippen molar-refractivity contribution in [2.75, 3.05) is 5.75 Å². The molecule has 0 aliphatic heterocycles. The van der Waals surface area contributed by atoms with Crippen LogP contribution in [0.25, 0.3) is 10.2 Å². The van der Waals surface area contributed by atoms with Gasteiger partial charge >= 0.3 is 0 Å². The van der Waals surface area contributed by atoms with E-state index in [2.05, 4.69) is 4.99 Å². The van der Waals surface area contributed by atoms with Gasteiger partial charge in [0.05, 0.1) is 25.8 Å². The zero-order valence-electron chi connectivity index (χ0n) is 14.5. The lowest BCUT2D eigenvalue weighted by atomic mass is 10.3. The predicted octanol–water partition coefficient (Wildman–Crippen LogP) is 2.58. The Morgan fingerprint density at radius 1 is 1.25 bits per heavy atom. The third kappa shape index (κ3) is 4.15. The van der Waals surface area contributed by atoms with E-state index in [1.165, 1.54) is 23.5 Å². The first-order valence-electron chi connectivity index (χ1n) is 7.97. The van der Waals surface area contributed by atoms with Crippen molar-refractivity contribution in [2.45, 2.75) is 11.3 Å². The molecule has 1 aromatic heterocycles. The largest absolute Gasteiger partial charge is 0.319 e. The second kappa shape index (κ2) is 7.60. The number of non-ortho nitro benzene ring substituents is 1. The second-order valence-electron chi connectivity index (χ2n) is 5.88. The molecule has 0 saturated heterocycles. The fourth-order valence-corrected chi connectivity index (χ4v) is 4.73. The van der Waals surface area contributed by atoms with E-state index in [0.717, 1.165) is 24.3 Å². The maximum absolute atomic E-state index is 12.9. The van der Waals surface area contributed by atoms with Crippen LogP contribution in [0.5, 0.6) is 0 Å². The number of amides is 1. The summed E-state index contributed by atoms with van der Waals surface area (Å²) in [6.45, 7) is 0. The monoisotopic (exact) mass is 423 g/mol. The minimum Gasteiger partial charge on any atom is -0.319 e. The molecule has 0 unspecified atom stereocenters. The number of thiazole rings is 1. The number of nitrogens with zero attached hydrogens (tertiary/aromatic N) is 3. The molecule has 0 N–H and O–H groups in total. The molecule has 8 nitrogen and oxygen atoms in total. The molecule has 28 heavy (non-hydrogen) atoms. The van der Waals surface area contributed by atoms with Crippen LogP contribution >= 0.6 is 11.3 Å². The van der Waals surface area contributed by atoms with E-state index in [9.17, 15) is 27.7 Å². The Hall–Kier alpha value is -2.92. The molecule has 0 radical (unpaired) electrons. The van der Waals surface area contributed by atoms with Crippen molar-refractivity contribution in [2.24, 2.45) is 12.0 Å². The average molecular weight is 423 g/mol. The molecule has 0 aliphatic rings. The summed E-state index contributed by atoms with van der Waals surface area (Å²) in [7, 11) is -2.13. The van der Waals surface area contributed by atoms with Gasteiger partial charge in [0.2, 0.25) is 5.91 Å². The Morgan fingerprint density at radius 2 is 1.93 bits per heavy atom. The normalized spacial score (nSPS) is 12.4. The van der Waals surface area contributed by atoms with Crippen LogP contribution in [0.2, 0.25) is 0 Å². The van der Waals surface area contributed by atoms with Crippen molar-refractivity contribution in [1.29, 1.82) is 0 Å². The number of carbonyl (C=O) groups is 1. The first kappa shape index (κ1) is 19.8. The van der Waals surface area contributed by atoms with Crippen molar-refractivity contribution in [3.8, 4) is 0 Å². The number of hydrogen-bond donors (Lipinski definition) is 0. The van der Waals surface area contributed by atoms with Gasteiger partial charge in [-0.1, -0.05) is 11.3 Å². The number of benzene rings is 2. The topological polar surface area (TPSA) is 112 Å². The Balaban J connectivity index is 1.82. The molecule has 146 valence electrons. The standard InChI is InChI=1S/C17H14FN3O5S2/c1-20-14-10-12(21(23)24)4-7-15(14)27-17(20)19-16(22)8-9-28(25,26)13-5-2-11(18)3-6-13/h2-7,10H,8-9H2,1H3. The summed E-state index contributed by atoms with van der Waals surface area (Å²) in [5.41, 5.74) is 0.467. The summed E-state index contributed by atoms with van der Waals surface area (Å²) in [5, 5.41) is 10.9. The van der Waals surface area contributed by atoms with Gasteiger partial charge in [-0.05, 0) is 30.3 Å². The highest BCUT2D eigenvalue weighted by atomic mass is 32.2. The minimum absolute atomic E-state index is 0.0681. The number of nitro benzene ring substituents is 1. The predicted molar refractivity (Wildman–Crippen MR) is 101 cm³/mol. The highest BCUT2D eigenvalue weighted by Crippen LogP contribution is 2.22. The number of carbonyl (C=O) groups excluding carboxylic acids is 1. The van der Waals surface area contributed by atoms with Crippen LogP contribution in [-0.4, -0.2) is 29.6 Å². The van der Waals surface area contributed by atoms with E-state index in [-0.39, 0.29) is 17.0 Å². The molecule has 1 heterocycles. The third-order valence-electron chi connectivity index (χ3n) is 3.98. The highest BCUT2D eigenvalue weighted by molar-refractivity contribution is 7.91. The molecule has 0 fully saturated rings. The number of aryl methyl sites for hydroxylation is 1. The van der Waals surface area contributed by atoms with Gasteiger partial charge in [0.1, 0.15) is 5.82 Å². The number of sulfone groups is 1. The molecular weight excluding hydrogens is 409 g/mol. The molecule has 3 aromatic rings. The summed E-state index contributed by atoms with van der Waals surface area (Å²) in [6.07, 6.45) is -0.339. The summed E-state index contributed by atoms with van der Waals surface area (Å²) in [5.74, 6) is -1.65. The van der Waals surface area contributed by atoms with Crippen LogP contribution in [-0.2, 0) is 21.7 Å². The van der Waals surface area contributed by atoms with E-state index >= 15 is 0 Å². The van der Waals surface area contributed by atoms with Crippen molar-refractivity contribution in [3.05, 3.63) is 63.2 Å². The van der Waals surface area contributed by atoms with Crippen molar-refractivity contribution < 1.29 is 22.5 Å². The smallest absolute Gasteiger partial charge is 0.271 e. The van der Waals surface area contributed by atoms with E-state index < -0.39 is 32.2 Å². The van der Waals surface area contributed by atoms with Crippen LogP contribution in [0.3, 0.4) is 0 Å². The Kier molecular flexibility index (Phi) is 5.38. The zero-order chi connectivity index (χ0) is 20.5. The summed E-state index contributed by atoms with van der Waals surface area (Å²) >= 11 is 1.17. The van der Waals surface area contributed by atoms with Gasteiger partial charge in [0.15, 0.2) is 14.6 Å². The molecular formula is C17H14FN3O5S2. The highest BCUT2D eigenvalue weighted by Gasteiger charge is 2.17. The molecule has 0 saturated carbocycles. The number of aromatic nitrogens is 1. The second-order valence-corrected chi connectivity index (χ2v) is 9.00. The molecule has 0 bridgehead atoms. The van der Waals surface area contributed by atoms with Gasteiger partial charge in [-0.25, -0.2) is 12.8 Å². The van der Waals surface area contributed by atoms with Crippen LogP contribution in [0.1, 0.15) is 6.42 Å². The quantitative estimate of drug-likeness (QED) is 0.356. The number of hydrogen-bond acceptors (Lipinski definition) is 6. The zero-order valence-corrected chi connectivity index (χ0v) is 16.2. The van der Waals surface area contributed by atoms with Gasteiger partial charge in [-0.15, -0.1) is 0 Å². The molecule has 0 aliphatic carbocycles. The molecule has 2 aromatic carbocycles. The van der Waals surface area contributed by atoms with Gasteiger partial charge in [0.25, 0.3) is 5.69 Å². The lowest BCUT2D eigenvalue weighted by Gasteiger charge is -2.02. The van der Waals surface area contributed by atoms with E-state index in [4.69, 9.17) is 0 Å². The fourth-order valence-electron chi connectivity index (χ4n) is 2.48. The van der Waals surface area contributed by atoms with Gasteiger partial charge in [0, 0.05) is 25.6 Å². The van der Waals surface area contributed by atoms with Crippen molar-refractivity contribution >= 4 is 43.0 Å². The number of halogens is 1. The first-order chi connectivity index (χ1) is 13.2. The molecule has 3 rings (SSSR count). The maximum atomic E-state index is 12.9. The van der Waals surface area contributed by atoms with Gasteiger partial charge < -0.3 is 4.57 Å². The summed E-state index contributed by atoms with van der Waals surface area (Å²) in [6, 6.07) is 8.68.